The molecule has 2 rings (SSSR count). The molecule has 0 atom stereocenters. The minimum atomic E-state index is -0.650. The highest BCUT2D eigenvalue weighted by Crippen LogP contribution is 2.32. The molecule has 1 aromatic rings. The fourth-order valence-corrected chi connectivity index (χ4v) is 3.12. The molecule has 0 bridgehead atoms. The average Bonchev–Trinajstić information content (AvgIpc) is 2.44. The summed E-state index contributed by atoms with van der Waals surface area (Å²) in [7, 11) is 0. The smallest absolute Gasteiger partial charge is 0.252 e. The van der Waals surface area contributed by atoms with Crippen LogP contribution in [0.15, 0.2) is 22.7 Å². The van der Waals surface area contributed by atoms with Crippen molar-refractivity contribution < 1.29 is 9.18 Å². The zero-order valence-corrected chi connectivity index (χ0v) is 14.2. The molecule has 6 heteroatoms. The van der Waals surface area contributed by atoms with Crippen molar-refractivity contribution in [2.45, 2.75) is 38.1 Å². The summed E-state index contributed by atoms with van der Waals surface area (Å²) in [6.45, 7) is 2.18. The number of amides is 1. The number of benzene rings is 1. The zero-order chi connectivity index (χ0) is 15.6. The molecule has 1 aliphatic carbocycles. The second-order valence-corrected chi connectivity index (χ2v) is 7.01. The van der Waals surface area contributed by atoms with E-state index in [1.54, 1.807) is 6.07 Å². The Kier molecular flexibility index (Phi) is 4.99. The number of halogens is 2. The molecule has 1 aliphatic rings. The average molecular weight is 373 g/mol. The maximum absolute atomic E-state index is 13.5. The highest BCUT2D eigenvalue weighted by molar-refractivity contribution is 9.10. The molecule has 1 aromatic carbocycles. The van der Waals surface area contributed by atoms with Crippen LogP contribution in [0, 0.1) is 11.7 Å². The van der Waals surface area contributed by atoms with E-state index in [1.807, 2.05) is 0 Å². The summed E-state index contributed by atoms with van der Waals surface area (Å²) in [6.07, 6.45) is 3.39. The van der Waals surface area contributed by atoms with E-state index in [0.717, 1.165) is 25.7 Å². The predicted octanol–water partition coefficient (Wildman–Crippen LogP) is 3.55. The molecular weight excluding hydrogens is 355 g/mol. The summed E-state index contributed by atoms with van der Waals surface area (Å²) in [6, 6.07) is 4.29. The van der Waals surface area contributed by atoms with Crippen LogP contribution < -0.4 is 11.1 Å². The number of hydrogen-bond donors (Lipinski definition) is 2. The highest BCUT2D eigenvalue weighted by Gasteiger charge is 2.38. The molecule has 114 valence electrons. The first-order chi connectivity index (χ1) is 9.84. The third kappa shape index (κ3) is 3.61. The van der Waals surface area contributed by atoms with E-state index in [9.17, 15) is 9.18 Å². The quantitative estimate of drug-likeness (QED) is 0.797. The third-order valence-corrected chi connectivity index (χ3v) is 5.17. The van der Waals surface area contributed by atoms with Crippen molar-refractivity contribution in [2.75, 3.05) is 0 Å². The molecular formula is C15H18BrFN2OS. The standard InChI is InChI=1S/C15H18BrFN2OS/c1-9-4-6-15(7-5-9,14(18)21)19-13(20)10-2-3-11(16)12(17)8-10/h2-3,8-9H,4-7H2,1H3,(H2,18,21)(H,19,20). The van der Waals surface area contributed by atoms with Gasteiger partial charge in [-0.15, -0.1) is 0 Å². The molecule has 0 aliphatic heterocycles. The van der Waals surface area contributed by atoms with Gasteiger partial charge in [0.05, 0.1) is 15.0 Å². The number of thiocarbonyl (C=S) groups is 1. The van der Waals surface area contributed by atoms with Crippen molar-refractivity contribution >= 4 is 39.0 Å². The summed E-state index contributed by atoms with van der Waals surface area (Å²) in [5.74, 6) is -0.206. The molecule has 0 heterocycles. The molecule has 1 amide bonds. The Balaban J connectivity index is 2.19. The van der Waals surface area contributed by atoms with Crippen LogP contribution in [0.3, 0.4) is 0 Å². The molecule has 0 aromatic heterocycles. The van der Waals surface area contributed by atoms with Gasteiger partial charge in [-0.2, -0.15) is 0 Å². The molecule has 3 N–H and O–H groups in total. The molecule has 0 radical (unpaired) electrons. The Morgan fingerprint density at radius 2 is 2.10 bits per heavy atom. The number of nitrogens with two attached hydrogens (primary N) is 1. The molecule has 1 saturated carbocycles. The maximum Gasteiger partial charge on any atom is 0.252 e. The minimum Gasteiger partial charge on any atom is -0.391 e. The van der Waals surface area contributed by atoms with Crippen LogP contribution in [0.25, 0.3) is 0 Å². The molecule has 0 unspecified atom stereocenters. The maximum atomic E-state index is 13.5. The first-order valence-corrected chi connectivity index (χ1v) is 8.12. The minimum absolute atomic E-state index is 0.268. The van der Waals surface area contributed by atoms with Crippen LogP contribution >= 0.6 is 28.1 Å². The summed E-state index contributed by atoms with van der Waals surface area (Å²) in [5, 5.41) is 2.93. The van der Waals surface area contributed by atoms with E-state index in [0.29, 0.717) is 15.4 Å². The van der Waals surface area contributed by atoms with Gasteiger partial charge in [-0.05, 0) is 65.7 Å². The molecule has 21 heavy (non-hydrogen) atoms. The van der Waals surface area contributed by atoms with Crippen LogP contribution in [0.2, 0.25) is 0 Å². The van der Waals surface area contributed by atoms with E-state index in [2.05, 4.69) is 28.2 Å². The van der Waals surface area contributed by atoms with Gasteiger partial charge in [0.15, 0.2) is 0 Å². The lowest BCUT2D eigenvalue weighted by molar-refractivity contribution is 0.0900. The highest BCUT2D eigenvalue weighted by atomic mass is 79.9. The third-order valence-electron chi connectivity index (χ3n) is 4.13. The number of hydrogen-bond acceptors (Lipinski definition) is 2. The van der Waals surface area contributed by atoms with Crippen molar-refractivity contribution in [2.24, 2.45) is 11.7 Å². The van der Waals surface area contributed by atoms with Crippen molar-refractivity contribution in [3.8, 4) is 0 Å². The van der Waals surface area contributed by atoms with Crippen LogP contribution in [-0.4, -0.2) is 16.4 Å². The Labute approximate surface area is 137 Å². The number of carbonyl (C=O) groups is 1. The molecule has 0 spiro atoms. The van der Waals surface area contributed by atoms with Gasteiger partial charge in [-0.3, -0.25) is 4.79 Å². The lowest BCUT2D eigenvalue weighted by Gasteiger charge is -2.39. The van der Waals surface area contributed by atoms with Gasteiger partial charge in [0.25, 0.3) is 5.91 Å². The summed E-state index contributed by atoms with van der Waals surface area (Å²) < 4.78 is 13.9. The van der Waals surface area contributed by atoms with Gasteiger partial charge < -0.3 is 11.1 Å². The molecule has 1 fully saturated rings. The van der Waals surface area contributed by atoms with Crippen molar-refractivity contribution in [3.05, 3.63) is 34.1 Å². The SMILES string of the molecule is CC1CCC(NC(=O)c2ccc(Br)c(F)c2)(C(N)=S)CC1. The Hall–Kier alpha value is -1.01. The van der Waals surface area contributed by atoms with Crippen molar-refractivity contribution in [1.29, 1.82) is 0 Å². The summed E-state index contributed by atoms with van der Waals surface area (Å²) in [4.78, 5) is 12.7. The second kappa shape index (κ2) is 6.40. The van der Waals surface area contributed by atoms with E-state index >= 15 is 0 Å². The van der Waals surface area contributed by atoms with E-state index < -0.39 is 11.4 Å². The Bertz CT molecular complexity index is 571. The summed E-state index contributed by atoms with van der Waals surface area (Å²) in [5.41, 5.74) is 5.48. The van der Waals surface area contributed by atoms with E-state index in [-0.39, 0.29) is 11.5 Å². The van der Waals surface area contributed by atoms with Gasteiger partial charge in [0.1, 0.15) is 5.82 Å². The summed E-state index contributed by atoms with van der Waals surface area (Å²) >= 11 is 8.23. The van der Waals surface area contributed by atoms with Crippen LogP contribution in [0.1, 0.15) is 43.0 Å². The first kappa shape index (κ1) is 16.4. The molecule has 3 nitrogen and oxygen atoms in total. The molecule has 0 saturated heterocycles. The number of nitrogens with one attached hydrogen (secondary N) is 1. The fraction of sp³-hybridized carbons (Fsp3) is 0.467. The van der Waals surface area contributed by atoms with Crippen molar-refractivity contribution in [1.82, 2.24) is 5.32 Å². The van der Waals surface area contributed by atoms with Gasteiger partial charge in [0, 0.05) is 5.56 Å². The van der Waals surface area contributed by atoms with E-state index in [1.165, 1.54) is 12.1 Å². The van der Waals surface area contributed by atoms with Crippen molar-refractivity contribution in [3.63, 3.8) is 0 Å². The second-order valence-electron chi connectivity index (χ2n) is 5.71. The van der Waals surface area contributed by atoms with Gasteiger partial charge >= 0.3 is 0 Å². The lowest BCUT2D eigenvalue weighted by Crippen LogP contribution is -2.58. The van der Waals surface area contributed by atoms with Gasteiger partial charge in [-0.1, -0.05) is 19.1 Å². The first-order valence-electron chi connectivity index (χ1n) is 6.91. The zero-order valence-electron chi connectivity index (χ0n) is 11.8. The monoisotopic (exact) mass is 372 g/mol. The van der Waals surface area contributed by atoms with E-state index in [4.69, 9.17) is 18.0 Å². The largest absolute Gasteiger partial charge is 0.391 e. The topological polar surface area (TPSA) is 55.1 Å². The normalized spacial score (nSPS) is 25.4. The number of rotatable bonds is 3. The lowest BCUT2D eigenvalue weighted by atomic mass is 9.77. The van der Waals surface area contributed by atoms with Crippen LogP contribution in [0.5, 0.6) is 0 Å². The van der Waals surface area contributed by atoms with Crippen LogP contribution in [-0.2, 0) is 0 Å². The Morgan fingerprint density at radius 3 is 2.62 bits per heavy atom. The van der Waals surface area contributed by atoms with Gasteiger partial charge in [-0.25, -0.2) is 4.39 Å². The fourth-order valence-electron chi connectivity index (χ4n) is 2.61. The number of carbonyl (C=O) groups excluding carboxylic acids is 1. The predicted molar refractivity (Wildman–Crippen MR) is 88.7 cm³/mol. The Morgan fingerprint density at radius 1 is 1.48 bits per heavy atom. The van der Waals surface area contributed by atoms with Crippen LogP contribution in [0.4, 0.5) is 4.39 Å². The van der Waals surface area contributed by atoms with Gasteiger partial charge in [0.2, 0.25) is 0 Å².